The second-order valence-corrected chi connectivity index (χ2v) is 3.77. The number of allylic oxidation sites excluding steroid dienone is 1. The minimum absolute atomic E-state index is 0.00306. The first kappa shape index (κ1) is 15.4. The molecule has 0 unspecified atom stereocenters. The molecule has 1 aliphatic heterocycles. The molecule has 17 heavy (non-hydrogen) atoms. The van der Waals surface area contributed by atoms with Crippen molar-refractivity contribution in [3.63, 3.8) is 0 Å². The maximum Gasteiger partial charge on any atom is 0.246 e. The van der Waals surface area contributed by atoms with Gasteiger partial charge < -0.3 is 15.4 Å². The van der Waals surface area contributed by atoms with E-state index in [1.807, 2.05) is 13.8 Å². The second kappa shape index (κ2) is 8.52. The molecule has 0 radical (unpaired) electrons. The third-order valence-electron chi connectivity index (χ3n) is 1.93. The monoisotopic (exact) mass is 240 g/mol. The van der Waals surface area contributed by atoms with Crippen LogP contribution < -0.4 is 5.73 Å². The topological polar surface area (TPSA) is 72.6 Å². The van der Waals surface area contributed by atoms with Gasteiger partial charge >= 0.3 is 0 Å². The average Bonchev–Trinajstić information content (AvgIpc) is 2.28. The SMILES string of the molecule is C=CC(=O)N1CCOCC1.CC(C)=CC(N)=O. The van der Waals surface area contributed by atoms with E-state index in [0.29, 0.717) is 26.3 Å². The lowest BCUT2D eigenvalue weighted by Crippen LogP contribution is -2.39. The molecule has 96 valence electrons. The Bertz CT molecular complexity index is 301. The summed E-state index contributed by atoms with van der Waals surface area (Å²) in [5, 5.41) is 0. The number of nitrogens with zero attached hydrogens (tertiary/aromatic N) is 1. The first-order valence-corrected chi connectivity index (χ1v) is 5.40. The van der Waals surface area contributed by atoms with Gasteiger partial charge in [-0.15, -0.1) is 0 Å². The van der Waals surface area contributed by atoms with Crippen molar-refractivity contribution < 1.29 is 14.3 Å². The van der Waals surface area contributed by atoms with Gasteiger partial charge in [-0.25, -0.2) is 0 Å². The number of primary amides is 1. The minimum Gasteiger partial charge on any atom is -0.378 e. The molecule has 0 atom stereocenters. The summed E-state index contributed by atoms with van der Waals surface area (Å²) >= 11 is 0. The molecule has 0 aromatic carbocycles. The van der Waals surface area contributed by atoms with Crippen LogP contribution in [0.4, 0.5) is 0 Å². The molecule has 2 amide bonds. The molecule has 1 fully saturated rings. The first-order valence-electron chi connectivity index (χ1n) is 5.40. The highest BCUT2D eigenvalue weighted by molar-refractivity contribution is 5.87. The van der Waals surface area contributed by atoms with Crippen LogP contribution in [0, 0.1) is 0 Å². The molecule has 0 saturated carbocycles. The zero-order valence-electron chi connectivity index (χ0n) is 10.4. The molecule has 1 saturated heterocycles. The van der Waals surface area contributed by atoms with Crippen LogP contribution in [0.5, 0.6) is 0 Å². The fourth-order valence-electron chi connectivity index (χ4n) is 1.20. The van der Waals surface area contributed by atoms with Crippen LogP contribution in [0.15, 0.2) is 24.3 Å². The summed E-state index contributed by atoms with van der Waals surface area (Å²) in [5.41, 5.74) is 5.72. The number of rotatable bonds is 2. The summed E-state index contributed by atoms with van der Waals surface area (Å²) in [6.07, 6.45) is 2.73. The normalized spacial score (nSPS) is 14.1. The Balaban J connectivity index is 0.000000325. The lowest BCUT2D eigenvalue weighted by molar-refractivity contribution is -0.129. The van der Waals surface area contributed by atoms with E-state index in [2.05, 4.69) is 6.58 Å². The van der Waals surface area contributed by atoms with E-state index in [9.17, 15) is 9.59 Å². The van der Waals surface area contributed by atoms with Gasteiger partial charge in [0, 0.05) is 19.2 Å². The van der Waals surface area contributed by atoms with Crippen LogP contribution in [0.25, 0.3) is 0 Å². The van der Waals surface area contributed by atoms with Crippen molar-refractivity contribution >= 4 is 11.8 Å². The van der Waals surface area contributed by atoms with Gasteiger partial charge in [0.05, 0.1) is 13.2 Å². The van der Waals surface area contributed by atoms with Crippen molar-refractivity contribution in [3.8, 4) is 0 Å². The maximum atomic E-state index is 10.9. The van der Waals surface area contributed by atoms with Gasteiger partial charge in [0.1, 0.15) is 0 Å². The van der Waals surface area contributed by atoms with Crippen molar-refractivity contribution in [2.75, 3.05) is 26.3 Å². The van der Waals surface area contributed by atoms with Crippen LogP contribution in [0.2, 0.25) is 0 Å². The standard InChI is InChI=1S/C7H11NO2.C5H9NO/c1-2-7(9)8-3-5-10-6-4-8;1-4(2)3-5(6)7/h2H,1,3-6H2;3H,1-2H3,(H2,6,7). The molecule has 1 heterocycles. The van der Waals surface area contributed by atoms with Gasteiger partial charge in [0.15, 0.2) is 0 Å². The van der Waals surface area contributed by atoms with Crippen LogP contribution in [-0.2, 0) is 14.3 Å². The Morgan fingerprint density at radius 2 is 1.82 bits per heavy atom. The van der Waals surface area contributed by atoms with E-state index in [-0.39, 0.29) is 11.8 Å². The van der Waals surface area contributed by atoms with Crippen LogP contribution in [0.1, 0.15) is 13.8 Å². The van der Waals surface area contributed by atoms with Crippen molar-refractivity contribution in [1.29, 1.82) is 0 Å². The molecule has 1 aliphatic rings. The summed E-state index contributed by atoms with van der Waals surface area (Å²) in [6.45, 7) is 9.76. The van der Waals surface area contributed by atoms with E-state index in [0.717, 1.165) is 5.57 Å². The van der Waals surface area contributed by atoms with Crippen LogP contribution in [-0.4, -0.2) is 43.0 Å². The van der Waals surface area contributed by atoms with Gasteiger partial charge in [0.25, 0.3) is 0 Å². The third-order valence-corrected chi connectivity index (χ3v) is 1.93. The number of hydrogen-bond acceptors (Lipinski definition) is 3. The lowest BCUT2D eigenvalue weighted by Gasteiger charge is -2.25. The van der Waals surface area contributed by atoms with Crippen LogP contribution >= 0.6 is 0 Å². The second-order valence-electron chi connectivity index (χ2n) is 3.77. The van der Waals surface area contributed by atoms with Gasteiger partial charge in [-0.2, -0.15) is 0 Å². The van der Waals surface area contributed by atoms with Crippen molar-refractivity contribution in [3.05, 3.63) is 24.3 Å². The summed E-state index contributed by atoms with van der Waals surface area (Å²) in [5.74, 6) is -0.372. The molecule has 0 bridgehead atoms. The molecule has 0 aromatic heterocycles. The van der Waals surface area contributed by atoms with E-state index >= 15 is 0 Å². The molecule has 5 heteroatoms. The molecular weight excluding hydrogens is 220 g/mol. The number of nitrogens with two attached hydrogens (primary N) is 1. The summed E-state index contributed by atoms with van der Waals surface area (Å²) in [6, 6.07) is 0. The fraction of sp³-hybridized carbons (Fsp3) is 0.500. The van der Waals surface area contributed by atoms with Crippen molar-refractivity contribution in [2.24, 2.45) is 5.73 Å². The molecule has 1 rings (SSSR count). The average molecular weight is 240 g/mol. The zero-order chi connectivity index (χ0) is 13.3. The quantitative estimate of drug-likeness (QED) is 0.713. The van der Waals surface area contributed by atoms with E-state index in [1.54, 1.807) is 4.90 Å². The lowest BCUT2D eigenvalue weighted by atomic mass is 10.3. The number of ether oxygens (including phenoxy) is 1. The van der Waals surface area contributed by atoms with Gasteiger partial charge in [-0.3, -0.25) is 9.59 Å². The van der Waals surface area contributed by atoms with E-state index in [4.69, 9.17) is 10.5 Å². The highest BCUT2D eigenvalue weighted by atomic mass is 16.5. The maximum absolute atomic E-state index is 10.9. The highest BCUT2D eigenvalue weighted by Gasteiger charge is 2.12. The molecule has 2 N–H and O–H groups in total. The fourth-order valence-corrected chi connectivity index (χ4v) is 1.20. The highest BCUT2D eigenvalue weighted by Crippen LogP contribution is 1.96. The van der Waals surface area contributed by atoms with Crippen molar-refractivity contribution in [1.82, 2.24) is 4.90 Å². The molecule has 0 aromatic rings. The predicted octanol–water partition coefficient (Wildman–Crippen LogP) is 0.469. The van der Waals surface area contributed by atoms with Gasteiger partial charge in [0.2, 0.25) is 11.8 Å². The Hall–Kier alpha value is -1.62. The number of morpholine rings is 1. The van der Waals surface area contributed by atoms with Gasteiger partial charge in [-0.1, -0.05) is 12.2 Å². The predicted molar refractivity (Wildman–Crippen MR) is 66.2 cm³/mol. The Kier molecular flexibility index (Phi) is 7.71. The Morgan fingerprint density at radius 1 is 1.29 bits per heavy atom. The van der Waals surface area contributed by atoms with E-state index < -0.39 is 0 Å². The number of carbonyl (C=O) groups is 2. The smallest absolute Gasteiger partial charge is 0.246 e. The Labute approximate surface area is 102 Å². The number of hydrogen-bond donors (Lipinski definition) is 1. The number of amides is 2. The molecule has 5 nitrogen and oxygen atoms in total. The summed E-state index contributed by atoms with van der Waals surface area (Å²) < 4.78 is 5.07. The van der Waals surface area contributed by atoms with Crippen LogP contribution in [0.3, 0.4) is 0 Å². The summed E-state index contributed by atoms with van der Waals surface area (Å²) in [4.78, 5) is 22.6. The van der Waals surface area contributed by atoms with E-state index in [1.165, 1.54) is 12.2 Å². The first-order chi connectivity index (χ1) is 7.97. The summed E-state index contributed by atoms with van der Waals surface area (Å²) in [7, 11) is 0. The zero-order valence-corrected chi connectivity index (χ0v) is 10.4. The molecule has 0 spiro atoms. The molecule has 0 aliphatic carbocycles. The minimum atomic E-state index is -0.375. The number of carbonyl (C=O) groups excluding carboxylic acids is 2. The third kappa shape index (κ3) is 8.21. The van der Waals surface area contributed by atoms with Crippen molar-refractivity contribution in [2.45, 2.75) is 13.8 Å². The Morgan fingerprint density at radius 3 is 2.12 bits per heavy atom. The molecular formula is C12H20N2O3. The largest absolute Gasteiger partial charge is 0.378 e. The van der Waals surface area contributed by atoms with Gasteiger partial charge in [-0.05, 0) is 19.9 Å².